The molecule has 2 fully saturated rings. The molecule has 1 aliphatic carbocycles. The normalized spacial score (nSPS) is 18.8. The number of anilines is 5. The van der Waals surface area contributed by atoms with Gasteiger partial charge in [-0.3, -0.25) is 39.0 Å². The molecular weight excluding hydrogens is 634 g/mol. The van der Waals surface area contributed by atoms with Gasteiger partial charge in [0.1, 0.15) is 23.7 Å². The lowest BCUT2D eigenvalue weighted by molar-refractivity contribution is -0.117. The van der Waals surface area contributed by atoms with E-state index >= 15 is 0 Å². The number of urea groups is 1. The van der Waals surface area contributed by atoms with Crippen molar-refractivity contribution in [1.82, 2.24) is 14.8 Å². The van der Waals surface area contributed by atoms with Crippen LogP contribution >= 0.6 is 22.6 Å². The van der Waals surface area contributed by atoms with Crippen LogP contribution in [-0.2, 0) is 11.8 Å². The molecule has 13 heteroatoms. The third kappa shape index (κ3) is 4.20. The number of nitrogens with one attached hydrogen (secondary N) is 2. The minimum absolute atomic E-state index is 0.0802. The lowest BCUT2D eigenvalue weighted by Gasteiger charge is -2.44. The smallest absolute Gasteiger partial charge is 0.329 e. The Morgan fingerprint density at radius 1 is 1.07 bits per heavy atom. The number of fused-ring (bicyclic) bond motifs is 1. The minimum Gasteiger partial charge on any atom is -0.356 e. The van der Waals surface area contributed by atoms with Gasteiger partial charge < -0.3 is 10.4 Å². The average molecular weight is 658 g/mol. The second-order valence-corrected chi connectivity index (χ2v) is 11.2. The van der Waals surface area contributed by atoms with Crippen LogP contribution in [0.1, 0.15) is 28.8 Å². The highest BCUT2D eigenvalue weighted by Gasteiger charge is 2.47. The Kier molecular flexibility index (Phi) is 6.29. The molecule has 3 aromatic rings. The van der Waals surface area contributed by atoms with Crippen LogP contribution in [0.2, 0.25) is 0 Å². The van der Waals surface area contributed by atoms with E-state index in [2.05, 4.69) is 10.6 Å². The van der Waals surface area contributed by atoms with Crippen molar-refractivity contribution in [3.05, 3.63) is 73.3 Å². The van der Waals surface area contributed by atoms with Crippen molar-refractivity contribution in [1.29, 1.82) is 0 Å². The number of imide groups is 1. The van der Waals surface area contributed by atoms with Gasteiger partial charge in [0, 0.05) is 33.6 Å². The lowest BCUT2D eigenvalue weighted by atomic mass is 10.0. The number of amides is 4. The first-order valence-corrected chi connectivity index (χ1v) is 13.6. The molecule has 0 bridgehead atoms. The molecule has 0 spiro atoms. The molecule has 1 saturated carbocycles. The standard InChI is InChI=1S/C27H24FIN6O5/c1-13-22-21(23(32(2)24(13)37)30-19-9-6-14(29)10-18(19)28)25(38)35(15-7-8-15)27(40)34(22)17-5-3-4-16(11-17)33-12-20(36)31-26(33)39/h3-6,9-11,15,27,30,40H,7-8,12H2,1-2H3,(H,31,36,39). The van der Waals surface area contributed by atoms with Gasteiger partial charge in [-0.25, -0.2) is 9.18 Å². The van der Waals surface area contributed by atoms with Crippen molar-refractivity contribution in [3.63, 3.8) is 0 Å². The van der Waals surface area contributed by atoms with Crippen molar-refractivity contribution in [2.24, 2.45) is 7.05 Å². The Morgan fingerprint density at radius 3 is 2.45 bits per heavy atom. The molecule has 2 aliphatic heterocycles. The Bertz CT molecular complexity index is 1670. The third-order valence-electron chi connectivity index (χ3n) is 7.30. The SMILES string of the molecule is Cc1c2c(c(Nc3ccc(I)cc3F)n(C)c1=O)C(=O)N(C1CC1)C(O)N2c1cccc(N2CC(=O)NC2=O)c1. The first kappa shape index (κ1) is 26.3. The summed E-state index contributed by atoms with van der Waals surface area (Å²) in [7, 11) is 1.50. The van der Waals surface area contributed by atoms with E-state index in [-0.39, 0.29) is 40.9 Å². The summed E-state index contributed by atoms with van der Waals surface area (Å²) >= 11 is 1.99. The molecule has 1 atom stereocenters. The number of aromatic nitrogens is 1. The zero-order valence-electron chi connectivity index (χ0n) is 21.4. The van der Waals surface area contributed by atoms with Crippen LogP contribution in [-0.4, -0.2) is 51.4 Å². The molecular formula is C27H24FIN6O5. The van der Waals surface area contributed by atoms with Crippen LogP contribution in [0.25, 0.3) is 0 Å². The zero-order chi connectivity index (χ0) is 28.5. The fourth-order valence-corrected chi connectivity index (χ4v) is 5.65. The molecule has 3 heterocycles. The Hall–Kier alpha value is -3.98. The number of aliphatic hydroxyl groups excluding tert-OH is 1. The van der Waals surface area contributed by atoms with Gasteiger partial charge in [0.2, 0.25) is 12.3 Å². The maximum Gasteiger partial charge on any atom is 0.329 e. The number of nitrogens with zero attached hydrogens (tertiary/aromatic N) is 4. The summed E-state index contributed by atoms with van der Waals surface area (Å²) in [6.07, 6.45) is -0.0617. The monoisotopic (exact) mass is 658 g/mol. The van der Waals surface area contributed by atoms with Crippen molar-refractivity contribution < 1.29 is 23.9 Å². The number of rotatable bonds is 5. The Morgan fingerprint density at radius 2 is 1.80 bits per heavy atom. The molecule has 2 aromatic carbocycles. The molecule has 0 radical (unpaired) electrons. The number of benzene rings is 2. The number of hydrogen-bond donors (Lipinski definition) is 3. The number of carbonyl (C=O) groups is 3. The molecule has 206 valence electrons. The van der Waals surface area contributed by atoms with E-state index < -0.39 is 35.6 Å². The van der Waals surface area contributed by atoms with Gasteiger partial charge in [-0.1, -0.05) is 6.07 Å². The predicted molar refractivity (Wildman–Crippen MR) is 153 cm³/mol. The van der Waals surface area contributed by atoms with Crippen LogP contribution in [0.3, 0.4) is 0 Å². The number of hydrogen-bond acceptors (Lipinski definition) is 7. The fraction of sp³-hybridized carbons (Fsp3) is 0.259. The highest BCUT2D eigenvalue weighted by atomic mass is 127. The van der Waals surface area contributed by atoms with Gasteiger partial charge in [0.05, 0.1) is 11.4 Å². The first-order chi connectivity index (χ1) is 19.1. The quantitative estimate of drug-likeness (QED) is 0.284. The van der Waals surface area contributed by atoms with E-state index in [1.807, 2.05) is 22.6 Å². The second kappa shape index (κ2) is 9.59. The molecule has 1 saturated heterocycles. The van der Waals surface area contributed by atoms with Gasteiger partial charge in [-0.2, -0.15) is 0 Å². The molecule has 11 nitrogen and oxygen atoms in total. The average Bonchev–Trinajstić information content (AvgIpc) is 3.68. The highest BCUT2D eigenvalue weighted by Crippen LogP contribution is 2.45. The lowest BCUT2D eigenvalue weighted by Crippen LogP contribution is -2.55. The molecule has 1 unspecified atom stereocenters. The summed E-state index contributed by atoms with van der Waals surface area (Å²) < 4.78 is 16.8. The van der Waals surface area contributed by atoms with Gasteiger partial charge in [0.15, 0.2) is 0 Å². The van der Waals surface area contributed by atoms with Crippen molar-refractivity contribution in [3.8, 4) is 0 Å². The summed E-state index contributed by atoms with van der Waals surface area (Å²) in [5.41, 5.74) is 0.895. The third-order valence-corrected chi connectivity index (χ3v) is 7.97. The number of aliphatic hydroxyl groups is 1. The summed E-state index contributed by atoms with van der Waals surface area (Å²) in [5.74, 6) is -1.41. The largest absolute Gasteiger partial charge is 0.356 e. The summed E-state index contributed by atoms with van der Waals surface area (Å²) in [6, 6.07) is 10.3. The van der Waals surface area contributed by atoms with Gasteiger partial charge in [0.25, 0.3) is 11.5 Å². The molecule has 3 aliphatic rings. The van der Waals surface area contributed by atoms with E-state index in [9.17, 15) is 28.7 Å². The Labute approximate surface area is 241 Å². The van der Waals surface area contributed by atoms with Crippen LogP contribution in [0, 0.1) is 16.3 Å². The van der Waals surface area contributed by atoms with Crippen molar-refractivity contribution in [2.45, 2.75) is 32.2 Å². The van der Waals surface area contributed by atoms with Crippen LogP contribution in [0.15, 0.2) is 47.3 Å². The number of pyridine rings is 1. The molecule has 40 heavy (non-hydrogen) atoms. The number of carbonyl (C=O) groups excluding carboxylic acids is 3. The maximum absolute atomic E-state index is 14.9. The molecule has 4 amide bonds. The molecule has 1 aromatic heterocycles. The Balaban J connectivity index is 1.56. The fourth-order valence-electron chi connectivity index (χ4n) is 5.19. The van der Waals surface area contributed by atoms with E-state index in [1.54, 1.807) is 37.3 Å². The maximum atomic E-state index is 14.9. The highest BCUT2D eigenvalue weighted by molar-refractivity contribution is 14.1. The number of halogens is 2. The second-order valence-electron chi connectivity index (χ2n) is 9.93. The van der Waals surface area contributed by atoms with Crippen LogP contribution in [0.5, 0.6) is 0 Å². The van der Waals surface area contributed by atoms with E-state index in [1.165, 1.54) is 38.4 Å². The van der Waals surface area contributed by atoms with Crippen LogP contribution in [0.4, 0.5) is 37.8 Å². The van der Waals surface area contributed by atoms with E-state index in [4.69, 9.17) is 0 Å². The van der Waals surface area contributed by atoms with Gasteiger partial charge in [-0.15, -0.1) is 0 Å². The topological polar surface area (TPSA) is 127 Å². The van der Waals surface area contributed by atoms with Crippen molar-refractivity contribution >= 4 is 69.0 Å². The van der Waals surface area contributed by atoms with E-state index in [0.717, 1.165) is 0 Å². The predicted octanol–water partition coefficient (Wildman–Crippen LogP) is 3.27. The van der Waals surface area contributed by atoms with E-state index in [0.29, 0.717) is 27.8 Å². The summed E-state index contributed by atoms with van der Waals surface area (Å²) in [5, 5.41) is 16.8. The molecule has 3 N–H and O–H groups in total. The first-order valence-electron chi connectivity index (χ1n) is 12.5. The minimum atomic E-state index is -1.45. The van der Waals surface area contributed by atoms with Crippen molar-refractivity contribution in [2.75, 3.05) is 21.7 Å². The molecule has 6 rings (SSSR count). The summed E-state index contributed by atoms with van der Waals surface area (Å²) in [4.78, 5) is 55.7. The van der Waals surface area contributed by atoms with Gasteiger partial charge in [-0.05, 0) is 78.8 Å². The summed E-state index contributed by atoms with van der Waals surface area (Å²) in [6.45, 7) is 1.40. The van der Waals surface area contributed by atoms with Crippen LogP contribution < -0.4 is 26.0 Å². The zero-order valence-corrected chi connectivity index (χ0v) is 23.6. The van der Waals surface area contributed by atoms with Gasteiger partial charge >= 0.3 is 6.03 Å².